The molecule has 3 heteroatoms. The lowest BCUT2D eigenvalue weighted by atomic mass is 9.97. The largest absolute Gasteiger partial charge is 0.312 e. The predicted molar refractivity (Wildman–Crippen MR) is 50.8 cm³/mol. The van der Waals surface area contributed by atoms with Crippen LogP contribution in [-0.4, -0.2) is 37.9 Å². The van der Waals surface area contributed by atoms with Gasteiger partial charge in [-0.15, -0.1) is 0 Å². The van der Waals surface area contributed by atoms with Gasteiger partial charge in [0.05, 0.1) is 6.54 Å². The van der Waals surface area contributed by atoms with Crippen LogP contribution in [-0.2, 0) is 0 Å². The fraction of sp³-hybridized carbons (Fsp3) is 0.889. The molecule has 2 heterocycles. The topological polar surface area (TPSA) is 36.4 Å². The number of hydrogen-bond acceptors (Lipinski definition) is 3. The van der Waals surface area contributed by atoms with E-state index in [0.29, 0.717) is 12.1 Å². The molecule has 1 fully saturated rings. The van der Waals surface area contributed by atoms with E-state index in [1.54, 1.807) is 0 Å². The second-order valence-electron chi connectivity index (χ2n) is 3.62. The van der Waals surface area contributed by atoms with Crippen LogP contribution in [0.1, 0.15) is 19.3 Å². The van der Waals surface area contributed by atoms with Crippen LogP contribution in [0, 0.1) is 0 Å². The smallest absolute Gasteiger partial charge is 0.0554 e. The summed E-state index contributed by atoms with van der Waals surface area (Å²) in [7, 11) is 0. The van der Waals surface area contributed by atoms with Gasteiger partial charge in [0.2, 0.25) is 0 Å². The molecular formula is C9H17N3. The Balaban J connectivity index is 1.85. The molecule has 12 heavy (non-hydrogen) atoms. The van der Waals surface area contributed by atoms with E-state index in [2.05, 4.69) is 15.6 Å². The fourth-order valence-corrected chi connectivity index (χ4v) is 2.01. The molecule has 2 N–H and O–H groups in total. The zero-order valence-corrected chi connectivity index (χ0v) is 7.42. The van der Waals surface area contributed by atoms with Crippen molar-refractivity contribution in [2.45, 2.75) is 31.3 Å². The first-order valence-electron chi connectivity index (χ1n) is 4.92. The average Bonchev–Trinajstić information content (AvgIpc) is 2.21. The first kappa shape index (κ1) is 8.20. The molecule has 0 bridgehead atoms. The van der Waals surface area contributed by atoms with E-state index in [1.807, 2.05) is 6.21 Å². The van der Waals surface area contributed by atoms with Gasteiger partial charge in [0.1, 0.15) is 0 Å². The van der Waals surface area contributed by atoms with Crippen LogP contribution < -0.4 is 10.6 Å². The Morgan fingerprint density at radius 3 is 2.83 bits per heavy atom. The molecule has 0 aromatic heterocycles. The second kappa shape index (κ2) is 4.01. The third-order valence-corrected chi connectivity index (χ3v) is 2.74. The second-order valence-corrected chi connectivity index (χ2v) is 3.62. The van der Waals surface area contributed by atoms with Crippen molar-refractivity contribution in [1.82, 2.24) is 10.6 Å². The minimum absolute atomic E-state index is 0.579. The highest BCUT2D eigenvalue weighted by molar-refractivity contribution is 5.60. The molecule has 2 unspecified atom stereocenters. The summed E-state index contributed by atoms with van der Waals surface area (Å²) in [5.41, 5.74) is 0. The Labute approximate surface area is 73.6 Å². The van der Waals surface area contributed by atoms with Gasteiger partial charge < -0.3 is 10.6 Å². The van der Waals surface area contributed by atoms with Crippen molar-refractivity contribution < 1.29 is 0 Å². The minimum atomic E-state index is 0.579. The van der Waals surface area contributed by atoms with E-state index in [9.17, 15) is 0 Å². The highest BCUT2D eigenvalue weighted by atomic mass is 15.1. The summed E-state index contributed by atoms with van der Waals surface area (Å²) in [5, 5.41) is 7.03. The van der Waals surface area contributed by atoms with E-state index in [4.69, 9.17) is 0 Å². The Bertz CT molecular complexity index is 161. The van der Waals surface area contributed by atoms with E-state index in [1.165, 1.54) is 25.8 Å². The zero-order valence-electron chi connectivity index (χ0n) is 7.42. The van der Waals surface area contributed by atoms with Crippen LogP contribution in [0.3, 0.4) is 0 Å². The molecule has 0 aromatic carbocycles. The monoisotopic (exact) mass is 167 g/mol. The van der Waals surface area contributed by atoms with Crippen LogP contribution in [0.15, 0.2) is 4.99 Å². The summed E-state index contributed by atoms with van der Waals surface area (Å²) < 4.78 is 0. The van der Waals surface area contributed by atoms with Gasteiger partial charge in [0.15, 0.2) is 0 Å². The molecule has 0 aliphatic carbocycles. The number of rotatable bonds is 1. The van der Waals surface area contributed by atoms with Crippen LogP contribution in [0.5, 0.6) is 0 Å². The van der Waals surface area contributed by atoms with E-state index in [-0.39, 0.29) is 0 Å². The molecule has 2 atom stereocenters. The van der Waals surface area contributed by atoms with Gasteiger partial charge in [-0.05, 0) is 19.4 Å². The SMILES string of the molecule is C1=NCC(C2CCCCN2)NC1. The summed E-state index contributed by atoms with van der Waals surface area (Å²) in [5.74, 6) is 0. The highest BCUT2D eigenvalue weighted by Crippen LogP contribution is 2.11. The normalized spacial score (nSPS) is 36.7. The van der Waals surface area contributed by atoms with Gasteiger partial charge in [0, 0.05) is 24.8 Å². The zero-order chi connectivity index (χ0) is 8.23. The van der Waals surface area contributed by atoms with Gasteiger partial charge in [-0.2, -0.15) is 0 Å². The molecule has 2 rings (SSSR count). The van der Waals surface area contributed by atoms with Gasteiger partial charge in [-0.1, -0.05) is 6.42 Å². The molecular weight excluding hydrogens is 150 g/mol. The number of hydrogen-bond donors (Lipinski definition) is 2. The van der Waals surface area contributed by atoms with Crippen LogP contribution in [0.25, 0.3) is 0 Å². The third kappa shape index (κ3) is 1.84. The number of aliphatic imine (C=N–C) groups is 1. The average molecular weight is 167 g/mol. The van der Waals surface area contributed by atoms with Gasteiger partial charge in [-0.3, -0.25) is 4.99 Å². The van der Waals surface area contributed by atoms with Gasteiger partial charge >= 0.3 is 0 Å². The molecule has 1 saturated heterocycles. The maximum absolute atomic E-state index is 4.31. The van der Waals surface area contributed by atoms with Gasteiger partial charge in [0.25, 0.3) is 0 Å². The number of nitrogens with zero attached hydrogens (tertiary/aromatic N) is 1. The molecule has 2 aliphatic rings. The Kier molecular flexibility index (Phi) is 2.74. The predicted octanol–water partition coefficient (Wildman–Crippen LogP) is 0.171. The summed E-state index contributed by atoms with van der Waals surface area (Å²) in [6, 6.07) is 1.24. The Hall–Kier alpha value is -0.410. The molecule has 0 saturated carbocycles. The molecule has 0 aromatic rings. The maximum Gasteiger partial charge on any atom is 0.0554 e. The minimum Gasteiger partial charge on any atom is -0.312 e. The van der Waals surface area contributed by atoms with Crippen molar-refractivity contribution >= 4 is 6.21 Å². The Morgan fingerprint density at radius 1 is 1.17 bits per heavy atom. The highest BCUT2D eigenvalue weighted by Gasteiger charge is 2.22. The van der Waals surface area contributed by atoms with Crippen LogP contribution in [0.4, 0.5) is 0 Å². The van der Waals surface area contributed by atoms with Crippen molar-refractivity contribution in [3.05, 3.63) is 0 Å². The van der Waals surface area contributed by atoms with Crippen molar-refractivity contribution in [1.29, 1.82) is 0 Å². The molecule has 0 spiro atoms. The molecule has 68 valence electrons. The lowest BCUT2D eigenvalue weighted by Gasteiger charge is -2.32. The Morgan fingerprint density at radius 2 is 2.17 bits per heavy atom. The van der Waals surface area contributed by atoms with E-state index < -0.39 is 0 Å². The molecule has 2 aliphatic heterocycles. The fourth-order valence-electron chi connectivity index (χ4n) is 2.01. The summed E-state index contributed by atoms with van der Waals surface area (Å²) >= 11 is 0. The van der Waals surface area contributed by atoms with E-state index in [0.717, 1.165) is 13.1 Å². The standard InChI is InChI=1S/C9H17N3/c1-2-4-11-8(3-1)9-7-10-5-6-12-9/h5,8-9,11-12H,1-4,6-7H2. The number of nitrogens with one attached hydrogen (secondary N) is 2. The first-order valence-corrected chi connectivity index (χ1v) is 4.92. The quantitative estimate of drug-likeness (QED) is 0.584. The molecule has 0 radical (unpaired) electrons. The lowest BCUT2D eigenvalue weighted by molar-refractivity contribution is 0.319. The lowest BCUT2D eigenvalue weighted by Crippen LogP contribution is -2.53. The van der Waals surface area contributed by atoms with E-state index >= 15 is 0 Å². The van der Waals surface area contributed by atoms with Crippen LogP contribution in [0.2, 0.25) is 0 Å². The first-order chi connectivity index (χ1) is 5.97. The van der Waals surface area contributed by atoms with Crippen molar-refractivity contribution in [2.24, 2.45) is 4.99 Å². The van der Waals surface area contributed by atoms with Crippen molar-refractivity contribution in [2.75, 3.05) is 19.6 Å². The van der Waals surface area contributed by atoms with Gasteiger partial charge in [-0.25, -0.2) is 0 Å². The maximum atomic E-state index is 4.31. The van der Waals surface area contributed by atoms with Crippen molar-refractivity contribution in [3.63, 3.8) is 0 Å². The molecule has 0 amide bonds. The van der Waals surface area contributed by atoms with Crippen LogP contribution >= 0.6 is 0 Å². The molecule has 3 nitrogen and oxygen atoms in total. The summed E-state index contributed by atoms with van der Waals surface area (Å²) in [4.78, 5) is 4.31. The summed E-state index contributed by atoms with van der Waals surface area (Å²) in [6.07, 6.45) is 6.00. The number of piperidine rings is 1. The van der Waals surface area contributed by atoms with Crippen molar-refractivity contribution in [3.8, 4) is 0 Å². The third-order valence-electron chi connectivity index (χ3n) is 2.74. The summed E-state index contributed by atoms with van der Waals surface area (Å²) in [6.45, 7) is 3.09.